The third-order valence-electron chi connectivity index (χ3n) is 2.56. The van der Waals surface area contributed by atoms with Crippen molar-refractivity contribution < 1.29 is 4.74 Å². The van der Waals surface area contributed by atoms with Gasteiger partial charge in [0.1, 0.15) is 11.5 Å². The standard InChI is InChI=1S/C14H14Cl2N2O/c1-9-5-14(10(7-17-2)8-18-9)19-13-4-3-11(15)6-12(13)16/h3-6,8,17H,7H2,1-2H3. The Bertz CT molecular complexity index is 588. The molecule has 0 saturated carbocycles. The number of benzene rings is 1. The Morgan fingerprint density at radius 3 is 2.68 bits per heavy atom. The molecule has 0 unspecified atom stereocenters. The molecule has 1 heterocycles. The Morgan fingerprint density at radius 2 is 2.00 bits per heavy atom. The summed E-state index contributed by atoms with van der Waals surface area (Å²) >= 11 is 12.0. The fourth-order valence-electron chi connectivity index (χ4n) is 1.66. The lowest BCUT2D eigenvalue weighted by Gasteiger charge is -2.12. The molecule has 19 heavy (non-hydrogen) atoms. The number of hydrogen-bond donors (Lipinski definition) is 1. The van der Waals surface area contributed by atoms with Gasteiger partial charge in [-0.3, -0.25) is 4.98 Å². The number of hydrogen-bond acceptors (Lipinski definition) is 3. The van der Waals surface area contributed by atoms with Crippen LogP contribution in [0.2, 0.25) is 10.0 Å². The zero-order valence-electron chi connectivity index (χ0n) is 10.7. The van der Waals surface area contributed by atoms with Crippen molar-refractivity contribution in [1.82, 2.24) is 10.3 Å². The first-order chi connectivity index (χ1) is 9.10. The fourth-order valence-corrected chi connectivity index (χ4v) is 2.10. The van der Waals surface area contributed by atoms with Crippen LogP contribution in [-0.4, -0.2) is 12.0 Å². The van der Waals surface area contributed by atoms with Gasteiger partial charge in [-0.25, -0.2) is 0 Å². The Kier molecular flexibility index (Phi) is 4.64. The van der Waals surface area contributed by atoms with Crippen LogP contribution in [0.4, 0.5) is 0 Å². The molecule has 0 bridgehead atoms. The minimum atomic E-state index is 0.484. The monoisotopic (exact) mass is 296 g/mol. The van der Waals surface area contributed by atoms with Crippen LogP contribution in [-0.2, 0) is 6.54 Å². The number of nitrogens with one attached hydrogen (secondary N) is 1. The van der Waals surface area contributed by atoms with Gasteiger partial charge in [0.2, 0.25) is 0 Å². The van der Waals surface area contributed by atoms with Crippen molar-refractivity contribution in [1.29, 1.82) is 0 Å². The topological polar surface area (TPSA) is 34.2 Å². The molecule has 0 aliphatic heterocycles. The third-order valence-corrected chi connectivity index (χ3v) is 3.09. The van der Waals surface area contributed by atoms with E-state index in [1.165, 1.54) is 0 Å². The van der Waals surface area contributed by atoms with Gasteiger partial charge in [-0.2, -0.15) is 0 Å². The molecule has 0 atom stereocenters. The normalized spacial score (nSPS) is 10.5. The average Bonchev–Trinajstić information content (AvgIpc) is 2.36. The van der Waals surface area contributed by atoms with Crippen molar-refractivity contribution in [3.8, 4) is 11.5 Å². The minimum Gasteiger partial charge on any atom is -0.455 e. The van der Waals surface area contributed by atoms with Crippen LogP contribution in [0.3, 0.4) is 0 Å². The van der Waals surface area contributed by atoms with Gasteiger partial charge < -0.3 is 10.1 Å². The highest BCUT2D eigenvalue weighted by molar-refractivity contribution is 6.35. The largest absolute Gasteiger partial charge is 0.455 e. The van der Waals surface area contributed by atoms with Crippen molar-refractivity contribution in [3.63, 3.8) is 0 Å². The molecule has 1 aromatic heterocycles. The van der Waals surface area contributed by atoms with E-state index in [1.54, 1.807) is 24.4 Å². The number of rotatable bonds is 4. The molecule has 0 aliphatic rings. The summed E-state index contributed by atoms with van der Waals surface area (Å²) in [6.07, 6.45) is 1.80. The average molecular weight is 297 g/mol. The van der Waals surface area contributed by atoms with Crippen LogP contribution in [0.5, 0.6) is 11.5 Å². The fraction of sp³-hybridized carbons (Fsp3) is 0.214. The van der Waals surface area contributed by atoms with Gasteiger partial charge in [0.15, 0.2) is 0 Å². The van der Waals surface area contributed by atoms with E-state index in [9.17, 15) is 0 Å². The summed E-state index contributed by atoms with van der Waals surface area (Å²) in [6, 6.07) is 7.04. The molecule has 0 spiro atoms. The predicted octanol–water partition coefficient (Wildman–Crippen LogP) is 4.21. The molecule has 5 heteroatoms. The third kappa shape index (κ3) is 3.60. The van der Waals surface area contributed by atoms with Gasteiger partial charge in [0.25, 0.3) is 0 Å². The minimum absolute atomic E-state index is 0.484. The highest BCUT2D eigenvalue weighted by atomic mass is 35.5. The second-order valence-electron chi connectivity index (χ2n) is 4.14. The van der Waals surface area contributed by atoms with Gasteiger partial charge in [-0.1, -0.05) is 23.2 Å². The van der Waals surface area contributed by atoms with Gasteiger partial charge in [-0.15, -0.1) is 0 Å². The van der Waals surface area contributed by atoms with E-state index in [4.69, 9.17) is 27.9 Å². The molecule has 100 valence electrons. The Labute approximate surface area is 122 Å². The van der Waals surface area contributed by atoms with E-state index < -0.39 is 0 Å². The second-order valence-corrected chi connectivity index (χ2v) is 4.98. The van der Waals surface area contributed by atoms with Crippen molar-refractivity contribution in [3.05, 3.63) is 51.8 Å². The molecular weight excluding hydrogens is 283 g/mol. The highest BCUT2D eigenvalue weighted by Crippen LogP contribution is 2.33. The lowest BCUT2D eigenvalue weighted by Crippen LogP contribution is -2.07. The maximum atomic E-state index is 6.11. The molecule has 0 fully saturated rings. The van der Waals surface area contributed by atoms with Crippen LogP contribution < -0.4 is 10.1 Å². The number of halogens is 2. The number of nitrogens with zero attached hydrogens (tertiary/aromatic N) is 1. The summed E-state index contributed by atoms with van der Waals surface area (Å²) in [7, 11) is 1.87. The number of aromatic nitrogens is 1. The van der Waals surface area contributed by atoms with Crippen LogP contribution in [0.15, 0.2) is 30.5 Å². The first-order valence-electron chi connectivity index (χ1n) is 5.83. The summed E-state index contributed by atoms with van der Waals surface area (Å²) in [6.45, 7) is 2.59. The number of pyridine rings is 1. The molecule has 0 amide bonds. The van der Waals surface area contributed by atoms with E-state index in [1.807, 2.05) is 20.0 Å². The highest BCUT2D eigenvalue weighted by Gasteiger charge is 2.09. The summed E-state index contributed by atoms with van der Waals surface area (Å²) in [4.78, 5) is 4.26. The van der Waals surface area contributed by atoms with Gasteiger partial charge in [0.05, 0.1) is 5.02 Å². The van der Waals surface area contributed by atoms with E-state index in [0.29, 0.717) is 22.3 Å². The first-order valence-corrected chi connectivity index (χ1v) is 6.59. The second kappa shape index (κ2) is 6.24. The molecule has 0 aliphatic carbocycles. The summed E-state index contributed by atoms with van der Waals surface area (Å²) < 4.78 is 5.86. The van der Waals surface area contributed by atoms with Crippen molar-refractivity contribution >= 4 is 23.2 Å². The Hall–Kier alpha value is -1.29. The quantitative estimate of drug-likeness (QED) is 0.918. The van der Waals surface area contributed by atoms with Crippen molar-refractivity contribution in [2.24, 2.45) is 0 Å². The van der Waals surface area contributed by atoms with Crippen LogP contribution >= 0.6 is 23.2 Å². The molecular formula is C14H14Cl2N2O. The molecule has 1 aromatic carbocycles. The van der Waals surface area contributed by atoms with Crippen LogP contribution in [0.25, 0.3) is 0 Å². The van der Waals surface area contributed by atoms with Gasteiger partial charge >= 0.3 is 0 Å². The molecule has 0 saturated heterocycles. The maximum Gasteiger partial charge on any atom is 0.146 e. The van der Waals surface area contributed by atoms with E-state index in [0.717, 1.165) is 17.0 Å². The Balaban J connectivity index is 2.33. The zero-order chi connectivity index (χ0) is 13.8. The molecule has 3 nitrogen and oxygen atoms in total. The maximum absolute atomic E-state index is 6.11. The van der Waals surface area contributed by atoms with Crippen molar-refractivity contribution in [2.75, 3.05) is 7.05 Å². The van der Waals surface area contributed by atoms with E-state index >= 15 is 0 Å². The molecule has 1 N–H and O–H groups in total. The van der Waals surface area contributed by atoms with Crippen LogP contribution in [0, 0.1) is 6.92 Å². The SMILES string of the molecule is CNCc1cnc(C)cc1Oc1ccc(Cl)cc1Cl. The van der Waals surface area contributed by atoms with E-state index in [2.05, 4.69) is 10.3 Å². The Morgan fingerprint density at radius 1 is 1.21 bits per heavy atom. The van der Waals surface area contributed by atoms with Crippen LogP contribution in [0.1, 0.15) is 11.3 Å². The smallest absolute Gasteiger partial charge is 0.146 e. The summed E-state index contributed by atoms with van der Waals surface area (Å²) in [5, 5.41) is 4.15. The van der Waals surface area contributed by atoms with Crippen molar-refractivity contribution in [2.45, 2.75) is 13.5 Å². The number of ether oxygens (including phenoxy) is 1. The lowest BCUT2D eigenvalue weighted by molar-refractivity contribution is 0.473. The number of aryl methyl sites for hydroxylation is 1. The van der Waals surface area contributed by atoms with Gasteiger partial charge in [0, 0.05) is 35.1 Å². The molecule has 2 aromatic rings. The summed E-state index contributed by atoms with van der Waals surface area (Å²) in [5.41, 5.74) is 1.86. The predicted molar refractivity (Wildman–Crippen MR) is 78.3 cm³/mol. The summed E-state index contributed by atoms with van der Waals surface area (Å²) in [5.74, 6) is 1.32. The molecule has 2 rings (SSSR count). The van der Waals surface area contributed by atoms with Gasteiger partial charge in [-0.05, 0) is 32.2 Å². The molecule has 0 radical (unpaired) electrons. The lowest BCUT2D eigenvalue weighted by atomic mass is 10.2. The first kappa shape index (κ1) is 14.1. The van der Waals surface area contributed by atoms with E-state index in [-0.39, 0.29) is 0 Å². The zero-order valence-corrected chi connectivity index (χ0v) is 12.2.